The van der Waals surface area contributed by atoms with Gasteiger partial charge < -0.3 is 5.11 Å². The minimum atomic E-state index is -1.83. The van der Waals surface area contributed by atoms with Crippen molar-refractivity contribution in [2.24, 2.45) is 0 Å². The van der Waals surface area contributed by atoms with Crippen molar-refractivity contribution in [2.45, 2.75) is 30.9 Å². The fourth-order valence-corrected chi connectivity index (χ4v) is 2.30. The van der Waals surface area contributed by atoms with Crippen molar-refractivity contribution in [1.29, 1.82) is 0 Å². The number of aliphatic hydroxyl groups excluding tert-OH is 1. The first-order valence-corrected chi connectivity index (χ1v) is 4.13. The summed E-state index contributed by atoms with van der Waals surface area (Å²) in [6.07, 6.45) is 0.213. The number of halogens is 1. The van der Waals surface area contributed by atoms with Crippen molar-refractivity contribution < 1.29 is 10.9 Å². The van der Waals surface area contributed by atoms with Crippen LogP contribution < -0.4 is 0 Å². The van der Waals surface area contributed by atoms with Gasteiger partial charge in [-0.1, -0.05) is 0 Å². The molecule has 2 rings (SSSR count). The Morgan fingerprint density at radius 2 is 2.64 bits per heavy atom. The molecule has 2 atom stereocenters. The lowest BCUT2D eigenvalue weighted by Gasteiger charge is -2.28. The van der Waals surface area contributed by atoms with Crippen molar-refractivity contribution in [3.05, 3.63) is 0 Å². The van der Waals surface area contributed by atoms with E-state index in [4.69, 9.17) is 6.48 Å². The van der Waals surface area contributed by atoms with E-state index in [0.29, 0.717) is 0 Å². The maximum Gasteiger partial charge on any atom is 0.115 e. The first-order valence-electron chi connectivity index (χ1n) is 4.63. The monoisotopic (exact) mass is 160 g/mol. The van der Waals surface area contributed by atoms with Crippen LogP contribution in [0.3, 0.4) is 0 Å². The van der Waals surface area contributed by atoms with Gasteiger partial charge in [0.2, 0.25) is 0 Å². The van der Waals surface area contributed by atoms with E-state index in [1.165, 1.54) is 0 Å². The topological polar surface area (TPSA) is 23.5 Å². The molecule has 2 heterocycles. The van der Waals surface area contributed by atoms with Crippen molar-refractivity contribution in [1.82, 2.24) is 4.90 Å². The van der Waals surface area contributed by atoms with Crippen LogP contribution in [0.15, 0.2) is 0 Å². The third kappa shape index (κ3) is 0.983. The van der Waals surface area contributed by atoms with Crippen LogP contribution in [-0.4, -0.2) is 41.4 Å². The molecule has 2 aliphatic rings. The fraction of sp³-hybridized carbons (Fsp3) is 1.00. The van der Waals surface area contributed by atoms with E-state index in [1.54, 1.807) is 0 Å². The number of nitrogens with zero attached hydrogens (tertiary/aromatic N) is 1. The standard InChI is InChI=1S/C8H14FNO/c9-7-4-8(6-11)2-1-3-10(8)5-7/h7,11H,1-6H2/t7-,8+/m0/s1/i7D. The van der Waals surface area contributed by atoms with E-state index in [1.807, 2.05) is 4.90 Å². The maximum atomic E-state index is 13.3. The molecule has 2 nitrogen and oxygen atoms in total. The Balaban J connectivity index is 2.20. The van der Waals surface area contributed by atoms with Crippen LogP contribution in [0.4, 0.5) is 4.39 Å². The molecule has 0 aliphatic carbocycles. The Morgan fingerprint density at radius 1 is 1.82 bits per heavy atom. The third-order valence-electron chi connectivity index (χ3n) is 2.92. The molecule has 0 radical (unpaired) electrons. The van der Waals surface area contributed by atoms with Crippen LogP contribution in [0.2, 0.25) is 0 Å². The fourth-order valence-electron chi connectivity index (χ4n) is 2.30. The summed E-state index contributed by atoms with van der Waals surface area (Å²) < 4.78 is 20.6. The number of aliphatic hydroxyl groups is 1. The van der Waals surface area contributed by atoms with Gasteiger partial charge in [-0.3, -0.25) is 4.90 Å². The molecule has 3 heteroatoms. The second-order valence-electron chi connectivity index (χ2n) is 3.60. The quantitative estimate of drug-likeness (QED) is 0.605. The first kappa shape index (κ1) is 6.38. The molecule has 2 saturated heterocycles. The van der Waals surface area contributed by atoms with E-state index in [2.05, 4.69) is 0 Å². The Bertz CT molecular complexity index is 199. The van der Waals surface area contributed by atoms with Gasteiger partial charge in [-0.15, -0.1) is 0 Å². The second kappa shape index (κ2) is 2.42. The van der Waals surface area contributed by atoms with Gasteiger partial charge >= 0.3 is 0 Å². The van der Waals surface area contributed by atoms with E-state index in [9.17, 15) is 4.39 Å². The molecule has 0 bridgehead atoms. The zero-order valence-electron chi connectivity index (χ0n) is 7.52. The molecule has 0 aromatic heterocycles. The first-order chi connectivity index (χ1) is 5.58. The molecular formula is C8H14FNO. The summed E-state index contributed by atoms with van der Waals surface area (Å²) in [5.41, 5.74) is -0.392. The van der Waals surface area contributed by atoms with Gasteiger partial charge in [0.05, 0.1) is 7.98 Å². The highest BCUT2D eigenvalue weighted by Crippen LogP contribution is 2.39. The number of fused-ring (bicyclic) bond motifs is 1. The zero-order valence-corrected chi connectivity index (χ0v) is 6.52. The maximum absolute atomic E-state index is 13.3. The minimum Gasteiger partial charge on any atom is -0.394 e. The highest BCUT2D eigenvalue weighted by Gasteiger charge is 2.47. The normalized spacial score (nSPS) is 52.7. The molecule has 2 fully saturated rings. The number of hydrogen-bond acceptors (Lipinski definition) is 2. The van der Waals surface area contributed by atoms with Crippen LogP contribution >= 0.6 is 0 Å². The van der Waals surface area contributed by atoms with Gasteiger partial charge in [-0.25, -0.2) is 4.39 Å². The van der Waals surface area contributed by atoms with Gasteiger partial charge in [0.25, 0.3) is 0 Å². The predicted molar refractivity (Wildman–Crippen MR) is 40.1 cm³/mol. The van der Waals surface area contributed by atoms with Crippen LogP contribution in [0.5, 0.6) is 0 Å². The number of rotatable bonds is 1. The van der Waals surface area contributed by atoms with Gasteiger partial charge in [-0.2, -0.15) is 0 Å². The van der Waals surface area contributed by atoms with E-state index in [-0.39, 0.29) is 19.6 Å². The highest BCUT2D eigenvalue weighted by atomic mass is 19.1. The van der Waals surface area contributed by atoms with Crippen LogP contribution in [0.25, 0.3) is 0 Å². The molecule has 0 amide bonds. The lowest BCUT2D eigenvalue weighted by Crippen LogP contribution is -2.41. The van der Waals surface area contributed by atoms with E-state index in [0.717, 1.165) is 19.4 Å². The van der Waals surface area contributed by atoms with Crippen molar-refractivity contribution >= 4 is 0 Å². The lowest BCUT2D eigenvalue weighted by molar-refractivity contribution is 0.0996. The van der Waals surface area contributed by atoms with Gasteiger partial charge in [0.15, 0.2) is 0 Å². The lowest BCUT2D eigenvalue weighted by atomic mass is 9.95. The van der Waals surface area contributed by atoms with Crippen molar-refractivity contribution in [3.8, 4) is 0 Å². The average Bonchev–Trinajstić information content (AvgIpc) is 2.40. The Kier molecular flexibility index (Phi) is 1.40. The van der Waals surface area contributed by atoms with Crippen molar-refractivity contribution in [3.63, 3.8) is 0 Å². The highest BCUT2D eigenvalue weighted by molar-refractivity contribution is 5.03. The molecule has 11 heavy (non-hydrogen) atoms. The summed E-state index contributed by atoms with van der Waals surface area (Å²) in [4.78, 5) is 1.93. The van der Waals surface area contributed by atoms with Crippen molar-refractivity contribution in [2.75, 3.05) is 19.7 Å². The minimum absolute atomic E-state index is 0.00243. The molecular weight excluding hydrogens is 145 g/mol. The van der Waals surface area contributed by atoms with Gasteiger partial charge in [0, 0.05) is 18.5 Å². The molecule has 1 N–H and O–H groups in total. The van der Waals surface area contributed by atoms with E-state index < -0.39 is 11.7 Å². The summed E-state index contributed by atoms with van der Waals surface area (Å²) in [7, 11) is 0. The zero-order chi connectivity index (χ0) is 8.82. The Morgan fingerprint density at radius 3 is 3.27 bits per heavy atom. The van der Waals surface area contributed by atoms with E-state index >= 15 is 0 Å². The summed E-state index contributed by atoms with van der Waals surface area (Å²) >= 11 is 0. The molecule has 0 unspecified atom stereocenters. The van der Waals surface area contributed by atoms with Crippen LogP contribution in [0, 0.1) is 0 Å². The summed E-state index contributed by atoms with van der Waals surface area (Å²) in [5, 5.41) is 9.17. The molecule has 0 aromatic rings. The third-order valence-corrected chi connectivity index (χ3v) is 2.92. The molecule has 0 saturated carbocycles. The molecule has 64 valence electrons. The second-order valence-corrected chi connectivity index (χ2v) is 3.60. The van der Waals surface area contributed by atoms with Gasteiger partial charge in [-0.05, 0) is 19.4 Å². The number of alkyl halides is 1. The van der Waals surface area contributed by atoms with Gasteiger partial charge in [0.1, 0.15) is 6.15 Å². The molecule has 2 aliphatic heterocycles. The van der Waals surface area contributed by atoms with Crippen LogP contribution in [0.1, 0.15) is 20.6 Å². The Hall–Kier alpha value is -0.150. The molecule has 0 spiro atoms. The average molecular weight is 160 g/mol. The Labute approximate surface area is 67.4 Å². The summed E-state index contributed by atoms with van der Waals surface area (Å²) in [6, 6.07) is 0. The predicted octanol–water partition coefficient (Wildman–Crippen LogP) is 0.555. The summed E-state index contributed by atoms with van der Waals surface area (Å²) in [6.45, 7) is 1.01. The number of hydrogen-bond donors (Lipinski definition) is 1. The SMILES string of the molecule is [2H][C@@]1(F)CN2CCC[C@]2(CO)C1. The van der Waals surface area contributed by atoms with Crippen LogP contribution in [-0.2, 0) is 0 Å². The largest absolute Gasteiger partial charge is 0.394 e. The molecule has 0 aromatic carbocycles. The summed E-state index contributed by atoms with van der Waals surface area (Å²) in [5.74, 6) is 0. The smallest absolute Gasteiger partial charge is 0.115 e.